The van der Waals surface area contributed by atoms with Crippen molar-refractivity contribution < 1.29 is 14.0 Å². The van der Waals surface area contributed by atoms with Crippen molar-refractivity contribution in [1.82, 2.24) is 10.9 Å². The molecule has 7 heteroatoms. The van der Waals surface area contributed by atoms with Crippen molar-refractivity contribution in [2.45, 2.75) is 0 Å². The molecule has 0 aliphatic carbocycles. The number of halogens is 2. The lowest BCUT2D eigenvalue weighted by atomic mass is 10.2. The second-order valence-corrected chi connectivity index (χ2v) is 5.95. The standard InChI is InChI=1S/C12H8BrFN2O2S/c13-10-6-5-9(19-10)12(18)16-15-11(17)7-3-1-2-4-8(7)14/h1-6H,(H,15,17)(H,16,18). The maximum Gasteiger partial charge on any atom is 0.279 e. The molecule has 0 fully saturated rings. The molecule has 2 amide bonds. The summed E-state index contributed by atoms with van der Waals surface area (Å²) in [5, 5.41) is 0. The van der Waals surface area contributed by atoms with Gasteiger partial charge in [0.25, 0.3) is 11.8 Å². The molecule has 2 N–H and O–H groups in total. The molecule has 0 unspecified atom stereocenters. The Kier molecular flexibility index (Phi) is 4.28. The van der Waals surface area contributed by atoms with E-state index in [0.29, 0.717) is 4.88 Å². The number of hydrogen-bond donors (Lipinski definition) is 2. The summed E-state index contributed by atoms with van der Waals surface area (Å²) in [6.45, 7) is 0. The molecule has 1 aromatic heterocycles. The molecule has 0 bridgehead atoms. The second kappa shape index (κ2) is 5.94. The van der Waals surface area contributed by atoms with E-state index < -0.39 is 17.6 Å². The van der Waals surface area contributed by atoms with E-state index in [2.05, 4.69) is 26.8 Å². The number of amides is 2. The van der Waals surface area contributed by atoms with E-state index in [1.54, 1.807) is 12.1 Å². The smallest absolute Gasteiger partial charge is 0.267 e. The van der Waals surface area contributed by atoms with Crippen molar-refractivity contribution in [2.24, 2.45) is 0 Å². The monoisotopic (exact) mass is 342 g/mol. The van der Waals surface area contributed by atoms with E-state index >= 15 is 0 Å². The van der Waals surface area contributed by atoms with E-state index in [9.17, 15) is 14.0 Å². The SMILES string of the molecule is O=C(NNC(=O)c1ccccc1F)c1ccc(Br)s1. The predicted molar refractivity (Wildman–Crippen MR) is 73.4 cm³/mol. The minimum Gasteiger partial charge on any atom is -0.267 e. The minimum absolute atomic E-state index is 0.129. The minimum atomic E-state index is -0.706. The molecule has 0 saturated heterocycles. The maximum atomic E-state index is 13.3. The Morgan fingerprint density at radius 2 is 1.74 bits per heavy atom. The van der Waals surface area contributed by atoms with Crippen LogP contribution in [0.25, 0.3) is 0 Å². The lowest BCUT2D eigenvalue weighted by Gasteiger charge is -2.06. The Labute approximate surface area is 120 Å². The van der Waals surface area contributed by atoms with E-state index in [-0.39, 0.29) is 5.56 Å². The van der Waals surface area contributed by atoms with E-state index in [0.717, 1.165) is 3.79 Å². The van der Waals surface area contributed by atoms with Gasteiger partial charge in [0.1, 0.15) is 5.82 Å². The number of hydrogen-bond acceptors (Lipinski definition) is 3. The van der Waals surface area contributed by atoms with E-state index in [1.807, 2.05) is 0 Å². The van der Waals surface area contributed by atoms with Crippen LogP contribution in [0.15, 0.2) is 40.2 Å². The van der Waals surface area contributed by atoms with E-state index in [4.69, 9.17) is 0 Å². The first-order chi connectivity index (χ1) is 9.08. The van der Waals surface area contributed by atoms with Gasteiger partial charge in [0.2, 0.25) is 0 Å². The largest absolute Gasteiger partial charge is 0.279 e. The third kappa shape index (κ3) is 3.39. The van der Waals surface area contributed by atoms with Crippen LogP contribution in [0.1, 0.15) is 20.0 Å². The van der Waals surface area contributed by atoms with Gasteiger partial charge >= 0.3 is 0 Å². The molecule has 1 heterocycles. The summed E-state index contributed by atoms with van der Waals surface area (Å²) in [4.78, 5) is 23.7. The lowest BCUT2D eigenvalue weighted by Crippen LogP contribution is -2.41. The first kappa shape index (κ1) is 13.7. The number of carbonyl (C=O) groups is 2. The molecule has 4 nitrogen and oxygen atoms in total. The van der Waals surface area contributed by atoms with Gasteiger partial charge in [-0.25, -0.2) is 4.39 Å². The predicted octanol–water partition coefficient (Wildman–Crippen LogP) is 2.72. The molecule has 1 aromatic carbocycles. The Hall–Kier alpha value is -1.73. The molecule has 2 rings (SSSR count). The Morgan fingerprint density at radius 1 is 1.05 bits per heavy atom. The number of benzene rings is 1. The number of nitrogens with one attached hydrogen (secondary N) is 2. The molecular weight excluding hydrogens is 335 g/mol. The molecule has 19 heavy (non-hydrogen) atoms. The molecule has 2 aromatic rings. The molecular formula is C12H8BrFN2O2S. The molecule has 0 spiro atoms. The fourth-order valence-corrected chi connectivity index (χ4v) is 2.61. The first-order valence-electron chi connectivity index (χ1n) is 5.18. The third-order valence-electron chi connectivity index (χ3n) is 2.21. The zero-order valence-electron chi connectivity index (χ0n) is 9.44. The average molecular weight is 343 g/mol. The Bertz CT molecular complexity index is 630. The van der Waals surface area contributed by atoms with Crippen LogP contribution in [0.3, 0.4) is 0 Å². The molecule has 0 atom stereocenters. The van der Waals surface area contributed by atoms with Gasteiger partial charge in [-0.05, 0) is 40.2 Å². The highest BCUT2D eigenvalue weighted by Crippen LogP contribution is 2.21. The average Bonchev–Trinajstić information content (AvgIpc) is 2.83. The van der Waals surface area contributed by atoms with Gasteiger partial charge in [0.15, 0.2) is 0 Å². The summed E-state index contributed by atoms with van der Waals surface area (Å²) in [6.07, 6.45) is 0. The van der Waals surface area contributed by atoms with Crippen LogP contribution in [0.5, 0.6) is 0 Å². The van der Waals surface area contributed by atoms with Crippen molar-refractivity contribution in [2.75, 3.05) is 0 Å². The van der Waals surface area contributed by atoms with Gasteiger partial charge in [-0.15, -0.1) is 11.3 Å². The maximum absolute atomic E-state index is 13.3. The number of hydrazine groups is 1. The van der Waals surface area contributed by atoms with Crippen molar-refractivity contribution >= 4 is 39.1 Å². The van der Waals surface area contributed by atoms with Gasteiger partial charge in [0.05, 0.1) is 14.2 Å². The highest BCUT2D eigenvalue weighted by atomic mass is 79.9. The van der Waals surface area contributed by atoms with Crippen molar-refractivity contribution in [1.29, 1.82) is 0 Å². The second-order valence-electron chi connectivity index (χ2n) is 3.49. The third-order valence-corrected chi connectivity index (χ3v) is 3.83. The fraction of sp³-hybridized carbons (Fsp3) is 0. The molecule has 0 saturated carbocycles. The highest BCUT2D eigenvalue weighted by Gasteiger charge is 2.13. The zero-order chi connectivity index (χ0) is 13.8. The number of thiophene rings is 1. The fourth-order valence-electron chi connectivity index (χ4n) is 1.32. The van der Waals surface area contributed by atoms with Crippen LogP contribution < -0.4 is 10.9 Å². The van der Waals surface area contributed by atoms with Crippen LogP contribution in [0, 0.1) is 5.82 Å². The quantitative estimate of drug-likeness (QED) is 0.824. The molecule has 0 radical (unpaired) electrons. The summed E-state index contributed by atoms with van der Waals surface area (Å²) in [5.74, 6) is -1.81. The molecule has 98 valence electrons. The highest BCUT2D eigenvalue weighted by molar-refractivity contribution is 9.11. The summed E-state index contributed by atoms with van der Waals surface area (Å²) in [7, 11) is 0. The zero-order valence-corrected chi connectivity index (χ0v) is 11.8. The Morgan fingerprint density at radius 3 is 2.37 bits per heavy atom. The summed E-state index contributed by atoms with van der Waals surface area (Å²) in [6, 6.07) is 8.85. The normalized spacial score (nSPS) is 10.0. The topological polar surface area (TPSA) is 58.2 Å². The van der Waals surface area contributed by atoms with Gasteiger partial charge in [-0.3, -0.25) is 20.4 Å². The Balaban J connectivity index is 1.98. The van der Waals surface area contributed by atoms with Gasteiger partial charge in [0, 0.05) is 0 Å². The number of rotatable bonds is 2. The lowest BCUT2D eigenvalue weighted by molar-refractivity contribution is 0.0846. The van der Waals surface area contributed by atoms with Gasteiger partial charge < -0.3 is 0 Å². The van der Waals surface area contributed by atoms with Crippen molar-refractivity contribution in [3.8, 4) is 0 Å². The molecule has 0 aliphatic rings. The van der Waals surface area contributed by atoms with E-state index in [1.165, 1.54) is 35.6 Å². The van der Waals surface area contributed by atoms with Crippen molar-refractivity contribution in [3.63, 3.8) is 0 Å². The van der Waals surface area contributed by atoms with Crippen LogP contribution >= 0.6 is 27.3 Å². The van der Waals surface area contributed by atoms with Crippen LogP contribution in [-0.4, -0.2) is 11.8 Å². The first-order valence-corrected chi connectivity index (χ1v) is 6.79. The van der Waals surface area contributed by atoms with Crippen LogP contribution in [0.2, 0.25) is 0 Å². The summed E-state index contributed by atoms with van der Waals surface area (Å²) < 4.78 is 14.1. The van der Waals surface area contributed by atoms with Crippen LogP contribution in [0.4, 0.5) is 4.39 Å². The summed E-state index contributed by atoms with van der Waals surface area (Å²) in [5.41, 5.74) is 4.25. The van der Waals surface area contributed by atoms with Crippen LogP contribution in [-0.2, 0) is 0 Å². The van der Waals surface area contributed by atoms with Crippen molar-refractivity contribution in [3.05, 3.63) is 56.4 Å². The number of carbonyl (C=O) groups excluding carboxylic acids is 2. The van der Waals surface area contributed by atoms with Gasteiger partial charge in [-0.2, -0.15) is 0 Å². The summed E-state index contributed by atoms with van der Waals surface area (Å²) >= 11 is 4.45. The van der Waals surface area contributed by atoms with Gasteiger partial charge in [-0.1, -0.05) is 12.1 Å². The molecule has 0 aliphatic heterocycles.